The number of hydrogen-bond acceptors (Lipinski definition) is 4. The quantitative estimate of drug-likeness (QED) is 0.742. The number of H-pyrrole nitrogens is 1. The Kier molecular flexibility index (Phi) is 3.06. The van der Waals surface area contributed by atoms with Gasteiger partial charge in [0, 0.05) is 30.4 Å². The summed E-state index contributed by atoms with van der Waals surface area (Å²) in [7, 11) is 0. The van der Waals surface area contributed by atoms with Gasteiger partial charge in [-0.2, -0.15) is 5.10 Å². The minimum atomic E-state index is -0.438. The minimum absolute atomic E-state index is 0.108. The Balaban J connectivity index is 1.81. The zero-order valence-corrected chi connectivity index (χ0v) is 11.2. The molecule has 0 spiro atoms. The number of hydrogen-bond donors (Lipinski definition) is 1. The summed E-state index contributed by atoms with van der Waals surface area (Å²) >= 11 is 0. The topological polar surface area (TPSA) is 73.0 Å². The molecule has 20 heavy (non-hydrogen) atoms. The summed E-state index contributed by atoms with van der Waals surface area (Å²) in [6.45, 7) is 3.94. The molecule has 3 aromatic heterocycles. The van der Waals surface area contributed by atoms with Crippen molar-refractivity contribution in [2.24, 2.45) is 5.92 Å². The van der Waals surface area contributed by atoms with E-state index < -0.39 is 12.2 Å². The predicted molar refractivity (Wildman–Crippen MR) is 72.1 cm³/mol. The Hall–Kier alpha value is -2.50. The third-order valence-electron chi connectivity index (χ3n) is 3.04. The predicted octanol–water partition coefficient (Wildman–Crippen LogP) is 2.97. The van der Waals surface area contributed by atoms with E-state index in [0.717, 1.165) is 5.52 Å². The second-order valence-corrected chi connectivity index (χ2v) is 4.91. The van der Waals surface area contributed by atoms with Crippen LogP contribution in [0.5, 0.6) is 0 Å². The van der Waals surface area contributed by atoms with Crippen LogP contribution in [-0.4, -0.2) is 20.7 Å². The van der Waals surface area contributed by atoms with Crippen LogP contribution >= 0.6 is 0 Å². The van der Waals surface area contributed by atoms with Crippen molar-refractivity contribution in [3.05, 3.63) is 42.5 Å². The van der Waals surface area contributed by atoms with Gasteiger partial charge >= 0.3 is 5.97 Å². The maximum atomic E-state index is 12.2. The Morgan fingerprint density at radius 3 is 3.00 bits per heavy atom. The summed E-state index contributed by atoms with van der Waals surface area (Å²) in [6, 6.07) is 5.20. The lowest BCUT2D eigenvalue weighted by atomic mass is 10.2. The van der Waals surface area contributed by atoms with Gasteiger partial charge in [-0.3, -0.25) is 0 Å². The van der Waals surface area contributed by atoms with Gasteiger partial charge in [0.05, 0.1) is 11.8 Å². The highest BCUT2D eigenvalue weighted by Crippen LogP contribution is 2.22. The van der Waals surface area contributed by atoms with Gasteiger partial charge in [0.25, 0.3) is 0 Å². The summed E-state index contributed by atoms with van der Waals surface area (Å²) in [5.74, 6) is -0.317. The lowest BCUT2D eigenvalue weighted by molar-refractivity contribution is -0.0150. The molecule has 0 aromatic carbocycles. The van der Waals surface area contributed by atoms with Crippen molar-refractivity contribution < 1.29 is 13.9 Å². The highest BCUT2D eigenvalue weighted by atomic mass is 16.6. The van der Waals surface area contributed by atoms with Crippen LogP contribution in [0.15, 0.2) is 41.3 Å². The van der Waals surface area contributed by atoms with E-state index in [1.807, 2.05) is 13.8 Å². The molecular weight excluding hydrogens is 258 g/mol. The number of furan rings is 1. The van der Waals surface area contributed by atoms with Crippen LogP contribution in [0, 0.1) is 5.92 Å². The number of carbonyl (C=O) groups excluding carboxylic acids is 1. The SMILES string of the molecule is CC(C)C(OC(=O)c1cc2occc2[nH]1)n1cccn1. The molecule has 0 saturated heterocycles. The van der Waals surface area contributed by atoms with E-state index >= 15 is 0 Å². The molecule has 3 aromatic rings. The summed E-state index contributed by atoms with van der Waals surface area (Å²) in [4.78, 5) is 15.2. The van der Waals surface area contributed by atoms with Gasteiger partial charge < -0.3 is 14.1 Å². The van der Waals surface area contributed by atoms with E-state index in [-0.39, 0.29) is 5.92 Å². The largest absolute Gasteiger partial charge is 0.463 e. The van der Waals surface area contributed by atoms with E-state index in [0.29, 0.717) is 11.3 Å². The summed E-state index contributed by atoms with van der Waals surface area (Å²) in [5.41, 5.74) is 1.78. The fourth-order valence-corrected chi connectivity index (χ4v) is 2.06. The molecule has 0 aliphatic heterocycles. The molecular formula is C14H15N3O3. The number of rotatable bonds is 4. The highest BCUT2D eigenvalue weighted by molar-refractivity contribution is 5.93. The first kappa shape index (κ1) is 12.5. The zero-order valence-electron chi connectivity index (χ0n) is 11.2. The molecule has 3 rings (SSSR count). The van der Waals surface area contributed by atoms with Crippen molar-refractivity contribution in [1.29, 1.82) is 0 Å². The smallest absolute Gasteiger partial charge is 0.356 e. The van der Waals surface area contributed by atoms with Crippen molar-refractivity contribution in [2.45, 2.75) is 20.1 Å². The average molecular weight is 273 g/mol. The second-order valence-electron chi connectivity index (χ2n) is 4.91. The molecule has 104 valence electrons. The highest BCUT2D eigenvalue weighted by Gasteiger charge is 2.22. The lowest BCUT2D eigenvalue weighted by Gasteiger charge is -2.21. The molecule has 0 radical (unpaired) electrons. The molecule has 0 bridgehead atoms. The molecule has 6 nitrogen and oxygen atoms in total. The van der Waals surface area contributed by atoms with Crippen molar-refractivity contribution in [2.75, 3.05) is 0 Å². The normalized spacial score (nSPS) is 12.9. The van der Waals surface area contributed by atoms with Crippen LogP contribution in [0.25, 0.3) is 11.1 Å². The number of carbonyl (C=O) groups is 1. The maximum absolute atomic E-state index is 12.2. The lowest BCUT2D eigenvalue weighted by Crippen LogP contribution is -2.22. The van der Waals surface area contributed by atoms with Crippen molar-refractivity contribution in [3.8, 4) is 0 Å². The second kappa shape index (κ2) is 4.88. The van der Waals surface area contributed by atoms with E-state index in [9.17, 15) is 4.79 Å². The molecule has 0 aliphatic rings. The van der Waals surface area contributed by atoms with Crippen LogP contribution < -0.4 is 0 Å². The van der Waals surface area contributed by atoms with Crippen molar-refractivity contribution in [1.82, 2.24) is 14.8 Å². The van der Waals surface area contributed by atoms with Gasteiger partial charge in [-0.1, -0.05) is 13.8 Å². The standard InChI is InChI=1S/C14H15N3O3/c1-9(2)13(17-6-3-5-15-17)20-14(18)11-8-12-10(16-11)4-7-19-12/h3-9,13,16H,1-2H3. The first-order valence-electron chi connectivity index (χ1n) is 6.41. The monoisotopic (exact) mass is 273 g/mol. The number of ether oxygens (including phenoxy) is 1. The van der Waals surface area contributed by atoms with E-state index in [1.54, 1.807) is 41.5 Å². The maximum Gasteiger partial charge on any atom is 0.356 e. The summed E-state index contributed by atoms with van der Waals surface area (Å²) in [5, 5.41) is 4.13. The van der Waals surface area contributed by atoms with Crippen LogP contribution in [-0.2, 0) is 4.74 Å². The Labute approximate surface area is 115 Å². The molecule has 1 atom stereocenters. The van der Waals surface area contributed by atoms with E-state index in [4.69, 9.17) is 9.15 Å². The van der Waals surface area contributed by atoms with Crippen molar-refractivity contribution in [3.63, 3.8) is 0 Å². The molecule has 0 saturated carbocycles. The van der Waals surface area contributed by atoms with E-state index in [1.165, 1.54) is 0 Å². The zero-order chi connectivity index (χ0) is 14.1. The first-order valence-corrected chi connectivity index (χ1v) is 6.41. The Bertz CT molecular complexity index is 681. The molecule has 3 heterocycles. The molecule has 0 fully saturated rings. The van der Waals surface area contributed by atoms with Gasteiger partial charge in [-0.05, 0) is 6.07 Å². The number of aromatic nitrogens is 3. The molecule has 0 amide bonds. The Morgan fingerprint density at radius 1 is 1.50 bits per heavy atom. The van der Waals surface area contributed by atoms with Gasteiger partial charge in [0.2, 0.25) is 0 Å². The van der Waals surface area contributed by atoms with Gasteiger partial charge in [0.15, 0.2) is 11.8 Å². The van der Waals surface area contributed by atoms with Gasteiger partial charge in [-0.15, -0.1) is 0 Å². The number of aromatic amines is 1. The molecule has 0 aliphatic carbocycles. The third-order valence-corrected chi connectivity index (χ3v) is 3.04. The minimum Gasteiger partial charge on any atom is -0.463 e. The summed E-state index contributed by atoms with van der Waals surface area (Å²) in [6.07, 6.45) is 4.56. The van der Waals surface area contributed by atoms with Crippen LogP contribution in [0.2, 0.25) is 0 Å². The third kappa shape index (κ3) is 2.20. The molecule has 1 unspecified atom stereocenters. The van der Waals surface area contributed by atoms with E-state index in [2.05, 4.69) is 10.1 Å². The van der Waals surface area contributed by atoms with Crippen LogP contribution in [0.1, 0.15) is 30.6 Å². The summed E-state index contributed by atoms with van der Waals surface area (Å²) < 4.78 is 12.4. The molecule has 6 heteroatoms. The number of nitrogens with one attached hydrogen (secondary N) is 1. The molecule has 1 N–H and O–H groups in total. The number of esters is 1. The van der Waals surface area contributed by atoms with Gasteiger partial charge in [0.1, 0.15) is 5.69 Å². The first-order chi connectivity index (χ1) is 9.65. The fraction of sp³-hybridized carbons (Fsp3) is 0.286. The number of nitrogens with zero attached hydrogens (tertiary/aromatic N) is 2. The van der Waals surface area contributed by atoms with Crippen molar-refractivity contribution >= 4 is 17.1 Å². The Morgan fingerprint density at radius 2 is 2.35 bits per heavy atom. The van der Waals surface area contributed by atoms with Gasteiger partial charge in [-0.25, -0.2) is 9.48 Å². The average Bonchev–Trinajstić information content (AvgIpc) is 3.10. The van der Waals surface area contributed by atoms with Crippen LogP contribution in [0.3, 0.4) is 0 Å². The fourth-order valence-electron chi connectivity index (χ4n) is 2.06. The van der Waals surface area contributed by atoms with Crippen LogP contribution in [0.4, 0.5) is 0 Å². The number of fused-ring (bicyclic) bond motifs is 1.